The number of ether oxygens (including phenoxy) is 2. The highest BCUT2D eigenvalue weighted by Gasteiger charge is 2.26. The fourth-order valence-corrected chi connectivity index (χ4v) is 4.89. The van der Waals surface area contributed by atoms with Crippen molar-refractivity contribution in [1.29, 1.82) is 0 Å². The van der Waals surface area contributed by atoms with Gasteiger partial charge in [0.25, 0.3) is 6.43 Å². The van der Waals surface area contributed by atoms with Gasteiger partial charge in [0.1, 0.15) is 29.8 Å². The van der Waals surface area contributed by atoms with E-state index >= 15 is 0 Å². The van der Waals surface area contributed by atoms with E-state index in [1.165, 1.54) is 18.5 Å². The van der Waals surface area contributed by atoms with Crippen LogP contribution in [0.15, 0.2) is 30.6 Å². The minimum absolute atomic E-state index is 0.0487. The largest absolute Gasteiger partial charge is 0.468 e. The van der Waals surface area contributed by atoms with E-state index < -0.39 is 23.8 Å². The van der Waals surface area contributed by atoms with Crippen LogP contribution in [-0.4, -0.2) is 58.9 Å². The Balaban J connectivity index is 1.51. The number of halogens is 3. The number of nitrogens with zero attached hydrogens (tertiary/aromatic N) is 4. The van der Waals surface area contributed by atoms with Gasteiger partial charge in [0.05, 0.1) is 30.2 Å². The summed E-state index contributed by atoms with van der Waals surface area (Å²) in [6, 6.07) is 5.34. The molecule has 0 amide bonds. The molecule has 2 saturated heterocycles. The second-order valence-electron chi connectivity index (χ2n) is 8.20. The lowest BCUT2D eigenvalue weighted by Gasteiger charge is -2.32. The molecule has 3 aromatic rings. The van der Waals surface area contributed by atoms with Gasteiger partial charge in [-0.1, -0.05) is 18.2 Å². The quantitative estimate of drug-likeness (QED) is 0.514. The summed E-state index contributed by atoms with van der Waals surface area (Å²) in [4.78, 5) is 15.6. The molecule has 2 aromatic heterocycles. The Morgan fingerprint density at radius 3 is 2.65 bits per heavy atom. The maximum Gasteiger partial charge on any atom is 0.266 e. The molecular formula is C23H24F3N5O2S. The van der Waals surface area contributed by atoms with Crippen molar-refractivity contribution in [2.45, 2.75) is 25.5 Å². The van der Waals surface area contributed by atoms with Gasteiger partial charge in [0.15, 0.2) is 5.65 Å². The number of anilines is 2. The van der Waals surface area contributed by atoms with Gasteiger partial charge in [-0.15, -0.1) is 0 Å². The van der Waals surface area contributed by atoms with Crippen molar-refractivity contribution >= 4 is 34.3 Å². The van der Waals surface area contributed by atoms with Gasteiger partial charge < -0.3 is 19.7 Å². The number of nitrogens with one attached hydrogen (secondary N) is 1. The third-order valence-corrected chi connectivity index (χ3v) is 6.86. The molecule has 0 bridgehead atoms. The van der Waals surface area contributed by atoms with Crippen LogP contribution in [-0.2, 0) is 4.74 Å². The number of alkyl halides is 2. The Morgan fingerprint density at radius 1 is 1.18 bits per heavy atom. The van der Waals surface area contributed by atoms with Gasteiger partial charge in [0, 0.05) is 30.2 Å². The summed E-state index contributed by atoms with van der Waals surface area (Å²) in [5.41, 5.74) is 0.788. The maximum absolute atomic E-state index is 14.7. The van der Waals surface area contributed by atoms with Gasteiger partial charge in [-0.2, -0.15) is 16.7 Å². The first-order valence-corrected chi connectivity index (χ1v) is 12.2. The highest BCUT2D eigenvalue weighted by molar-refractivity contribution is 7.99. The monoisotopic (exact) mass is 491 g/mol. The van der Waals surface area contributed by atoms with Gasteiger partial charge in [-0.3, -0.25) is 0 Å². The molecule has 34 heavy (non-hydrogen) atoms. The van der Waals surface area contributed by atoms with E-state index in [1.807, 2.05) is 17.8 Å². The van der Waals surface area contributed by atoms with Crippen molar-refractivity contribution in [3.8, 4) is 5.88 Å². The topological polar surface area (TPSA) is 72.4 Å². The fraction of sp³-hybridized carbons (Fsp3) is 0.435. The van der Waals surface area contributed by atoms with Crippen molar-refractivity contribution in [1.82, 2.24) is 15.0 Å². The molecule has 1 aromatic carbocycles. The Bertz CT molecular complexity index is 1170. The second-order valence-corrected chi connectivity index (χ2v) is 9.42. The predicted octanol–water partition coefficient (Wildman–Crippen LogP) is 4.61. The Hall–Kier alpha value is -2.79. The number of rotatable bonds is 7. The van der Waals surface area contributed by atoms with E-state index in [0.29, 0.717) is 35.9 Å². The van der Waals surface area contributed by atoms with E-state index in [2.05, 4.69) is 25.2 Å². The molecule has 0 saturated carbocycles. The number of hydrogen-bond acceptors (Lipinski definition) is 8. The molecule has 2 fully saturated rings. The number of aromatic nitrogens is 3. The van der Waals surface area contributed by atoms with E-state index in [0.717, 1.165) is 36.3 Å². The van der Waals surface area contributed by atoms with Crippen molar-refractivity contribution in [3.63, 3.8) is 0 Å². The fourth-order valence-electron chi connectivity index (χ4n) is 3.99. The molecular weight excluding hydrogens is 467 g/mol. The molecule has 0 radical (unpaired) electrons. The van der Waals surface area contributed by atoms with Crippen LogP contribution < -0.4 is 15.0 Å². The molecule has 11 heteroatoms. The smallest absolute Gasteiger partial charge is 0.266 e. The van der Waals surface area contributed by atoms with E-state index in [9.17, 15) is 13.2 Å². The van der Waals surface area contributed by atoms with Gasteiger partial charge in [-0.25, -0.2) is 23.1 Å². The summed E-state index contributed by atoms with van der Waals surface area (Å²) in [6.45, 7) is 4.45. The molecule has 1 atom stereocenters. The number of fused-ring (bicyclic) bond motifs is 1. The molecule has 5 rings (SSSR count). The Labute approximate surface area is 199 Å². The molecule has 0 spiro atoms. The number of hydrogen-bond donors (Lipinski definition) is 1. The second kappa shape index (κ2) is 9.83. The van der Waals surface area contributed by atoms with Crippen LogP contribution in [0, 0.1) is 5.82 Å². The molecule has 0 aliphatic carbocycles. The lowest BCUT2D eigenvalue weighted by atomic mass is 10.0. The zero-order valence-corrected chi connectivity index (χ0v) is 19.3. The zero-order valence-electron chi connectivity index (χ0n) is 18.5. The first kappa shape index (κ1) is 23.0. The van der Waals surface area contributed by atoms with Crippen molar-refractivity contribution in [2.75, 3.05) is 48.0 Å². The Kier molecular flexibility index (Phi) is 6.64. The van der Waals surface area contributed by atoms with Crippen LogP contribution in [0.4, 0.5) is 24.7 Å². The summed E-state index contributed by atoms with van der Waals surface area (Å²) in [6.07, 6.45) is -1.57. The summed E-state index contributed by atoms with van der Waals surface area (Å²) in [7, 11) is 0. The standard InChI is InChI=1S/C23H24F3N5O2S/c1-13(15-3-2-4-16(19(15)24)20(25)26)29-21-17-9-18(31-5-7-34-8-6-31)23(33-14-10-32-11-14)30-22(17)28-12-27-21/h2-4,9,12-14,20H,5-8,10-11H2,1H3,(H,27,28,29,30)/t13-/m1/s1. The molecule has 2 aliphatic heterocycles. The van der Waals surface area contributed by atoms with E-state index in [4.69, 9.17) is 9.47 Å². The van der Waals surface area contributed by atoms with Crippen LogP contribution in [0.25, 0.3) is 11.0 Å². The van der Waals surface area contributed by atoms with Crippen LogP contribution in [0.5, 0.6) is 5.88 Å². The molecule has 2 aliphatic rings. The SMILES string of the molecule is C[C@@H](Nc1ncnc2nc(OC3COC3)c(N3CCSCC3)cc12)c1cccc(C(F)F)c1F. The maximum atomic E-state index is 14.7. The summed E-state index contributed by atoms with van der Waals surface area (Å²) in [5, 5.41) is 3.81. The average molecular weight is 492 g/mol. The summed E-state index contributed by atoms with van der Waals surface area (Å²) < 4.78 is 52.4. The minimum Gasteiger partial charge on any atom is -0.468 e. The van der Waals surface area contributed by atoms with Gasteiger partial charge in [0.2, 0.25) is 5.88 Å². The molecule has 0 unspecified atom stereocenters. The Morgan fingerprint density at radius 2 is 1.94 bits per heavy atom. The first-order chi connectivity index (χ1) is 16.5. The van der Waals surface area contributed by atoms with Crippen LogP contribution in [0.2, 0.25) is 0 Å². The molecule has 1 N–H and O–H groups in total. The number of thioether (sulfide) groups is 1. The highest BCUT2D eigenvalue weighted by Crippen LogP contribution is 2.36. The minimum atomic E-state index is -2.89. The lowest BCUT2D eigenvalue weighted by molar-refractivity contribution is -0.0810. The summed E-state index contributed by atoms with van der Waals surface area (Å²) >= 11 is 1.90. The molecule has 7 nitrogen and oxygen atoms in total. The number of benzene rings is 1. The average Bonchev–Trinajstić information content (AvgIpc) is 2.81. The van der Waals surface area contributed by atoms with Crippen molar-refractivity contribution in [3.05, 3.63) is 47.5 Å². The zero-order chi connectivity index (χ0) is 23.7. The molecule has 180 valence electrons. The van der Waals surface area contributed by atoms with Crippen LogP contribution >= 0.6 is 11.8 Å². The third kappa shape index (κ3) is 4.58. The van der Waals surface area contributed by atoms with Crippen LogP contribution in [0.3, 0.4) is 0 Å². The first-order valence-electron chi connectivity index (χ1n) is 11.1. The molecule has 4 heterocycles. The van der Waals surface area contributed by atoms with Crippen molar-refractivity contribution < 1.29 is 22.6 Å². The number of pyridine rings is 1. The van der Waals surface area contributed by atoms with Gasteiger partial charge >= 0.3 is 0 Å². The lowest BCUT2D eigenvalue weighted by Crippen LogP contribution is -2.40. The predicted molar refractivity (Wildman–Crippen MR) is 126 cm³/mol. The normalized spacial score (nSPS) is 17.6. The summed E-state index contributed by atoms with van der Waals surface area (Å²) in [5.74, 6) is 2.02. The van der Waals surface area contributed by atoms with Crippen LogP contribution in [0.1, 0.15) is 30.5 Å². The highest BCUT2D eigenvalue weighted by atomic mass is 32.2. The van der Waals surface area contributed by atoms with E-state index in [1.54, 1.807) is 6.92 Å². The van der Waals surface area contributed by atoms with Gasteiger partial charge in [-0.05, 0) is 13.0 Å². The third-order valence-electron chi connectivity index (χ3n) is 5.92. The van der Waals surface area contributed by atoms with Crippen molar-refractivity contribution in [2.24, 2.45) is 0 Å². The van der Waals surface area contributed by atoms with E-state index in [-0.39, 0.29) is 11.7 Å².